The second-order valence-corrected chi connectivity index (χ2v) is 4.68. The number of nitrogens with one attached hydrogen (secondary N) is 1. The van der Waals surface area contributed by atoms with Crippen molar-refractivity contribution in [3.05, 3.63) is 69.5 Å². The Morgan fingerprint density at radius 2 is 1.79 bits per heavy atom. The van der Waals surface area contributed by atoms with E-state index in [0.717, 1.165) is 18.2 Å². The average Bonchev–Trinajstić information content (AvgIpc) is 2.55. The van der Waals surface area contributed by atoms with E-state index in [0.29, 0.717) is 11.3 Å². The molecule has 0 heterocycles. The lowest BCUT2D eigenvalue weighted by atomic mass is 10.1. The van der Waals surface area contributed by atoms with Crippen LogP contribution >= 0.6 is 0 Å². The summed E-state index contributed by atoms with van der Waals surface area (Å²) >= 11 is 0. The van der Waals surface area contributed by atoms with Crippen molar-refractivity contribution in [2.24, 2.45) is 0 Å². The van der Waals surface area contributed by atoms with Gasteiger partial charge in [-0.15, -0.1) is 0 Å². The molecule has 2 rings (SSSR count). The van der Waals surface area contributed by atoms with E-state index in [1.165, 1.54) is 24.3 Å². The first-order valence-corrected chi connectivity index (χ1v) is 6.95. The minimum Gasteiger partial charge on any atom is -0.462 e. The average molecular weight is 332 g/mol. The fourth-order valence-corrected chi connectivity index (χ4v) is 1.90. The number of carbonyl (C=O) groups is 2. The van der Waals surface area contributed by atoms with Gasteiger partial charge in [0.15, 0.2) is 0 Å². The lowest BCUT2D eigenvalue weighted by molar-refractivity contribution is -0.387. The highest BCUT2D eigenvalue weighted by Gasteiger charge is 2.17. The Kier molecular flexibility index (Phi) is 5.20. The first-order chi connectivity index (χ1) is 11.4. The molecule has 0 aliphatic carbocycles. The van der Waals surface area contributed by atoms with Gasteiger partial charge in [0.25, 0.3) is 5.91 Å². The lowest BCUT2D eigenvalue weighted by Crippen LogP contribution is -2.12. The van der Waals surface area contributed by atoms with E-state index in [9.17, 15) is 24.1 Å². The number of hydrogen-bond acceptors (Lipinski definition) is 5. The SMILES string of the molecule is CCOC(=O)c1ccc(NC(=O)c2ccc([N+](=O)[O-])c(F)c2)cc1. The van der Waals surface area contributed by atoms with Crippen LogP contribution in [0, 0.1) is 15.9 Å². The second kappa shape index (κ2) is 7.32. The highest BCUT2D eigenvalue weighted by Crippen LogP contribution is 2.19. The molecular formula is C16H13FN2O5. The maximum absolute atomic E-state index is 13.5. The van der Waals surface area contributed by atoms with Crippen LogP contribution in [-0.4, -0.2) is 23.4 Å². The van der Waals surface area contributed by atoms with Gasteiger partial charge < -0.3 is 10.1 Å². The van der Waals surface area contributed by atoms with Crippen LogP contribution in [0.25, 0.3) is 0 Å². The Bertz CT molecular complexity index is 790. The molecule has 2 aromatic rings. The van der Waals surface area contributed by atoms with Crippen molar-refractivity contribution < 1.29 is 23.6 Å². The van der Waals surface area contributed by atoms with Crippen LogP contribution in [0.5, 0.6) is 0 Å². The van der Waals surface area contributed by atoms with Gasteiger partial charge >= 0.3 is 11.7 Å². The smallest absolute Gasteiger partial charge is 0.338 e. The van der Waals surface area contributed by atoms with E-state index in [2.05, 4.69) is 5.32 Å². The first kappa shape index (κ1) is 17.1. The van der Waals surface area contributed by atoms with Crippen molar-refractivity contribution in [1.29, 1.82) is 0 Å². The molecule has 0 saturated carbocycles. The Hall–Kier alpha value is -3.29. The molecule has 124 valence electrons. The molecule has 1 N–H and O–H groups in total. The molecule has 0 fully saturated rings. The molecule has 0 aromatic heterocycles. The summed E-state index contributed by atoms with van der Waals surface area (Å²) in [7, 11) is 0. The first-order valence-electron chi connectivity index (χ1n) is 6.95. The van der Waals surface area contributed by atoms with Gasteiger partial charge in [-0.05, 0) is 43.3 Å². The van der Waals surface area contributed by atoms with Crippen molar-refractivity contribution in [3.8, 4) is 0 Å². The molecule has 0 saturated heterocycles. The fourth-order valence-electron chi connectivity index (χ4n) is 1.90. The van der Waals surface area contributed by atoms with Crippen molar-refractivity contribution in [2.75, 3.05) is 11.9 Å². The number of ether oxygens (including phenoxy) is 1. The van der Waals surface area contributed by atoms with Crippen LogP contribution < -0.4 is 5.32 Å². The lowest BCUT2D eigenvalue weighted by Gasteiger charge is -2.07. The highest BCUT2D eigenvalue weighted by atomic mass is 19.1. The van der Waals surface area contributed by atoms with Gasteiger partial charge in [-0.2, -0.15) is 4.39 Å². The monoisotopic (exact) mass is 332 g/mol. The zero-order valence-corrected chi connectivity index (χ0v) is 12.6. The van der Waals surface area contributed by atoms with E-state index >= 15 is 0 Å². The third-order valence-electron chi connectivity index (χ3n) is 3.06. The van der Waals surface area contributed by atoms with Gasteiger partial charge in [0.1, 0.15) is 0 Å². The molecule has 0 spiro atoms. The third kappa shape index (κ3) is 3.92. The number of nitrogens with zero attached hydrogens (tertiary/aromatic N) is 1. The minimum absolute atomic E-state index is 0.0624. The van der Waals surface area contributed by atoms with Gasteiger partial charge in [-0.25, -0.2) is 4.79 Å². The van der Waals surface area contributed by atoms with Crippen LogP contribution in [0.2, 0.25) is 0 Å². The normalized spacial score (nSPS) is 10.1. The molecule has 0 bridgehead atoms. The maximum Gasteiger partial charge on any atom is 0.338 e. The van der Waals surface area contributed by atoms with Crippen molar-refractivity contribution in [2.45, 2.75) is 6.92 Å². The van der Waals surface area contributed by atoms with Crippen LogP contribution in [0.1, 0.15) is 27.6 Å². The summed E-state index contributed by atoms with van der Waals surface area (Å²) in [4.78, 5) is 33.2. The van der Waals surface area contributed by atoms with E-state index < -0.39 is 28.3 Å². The predicted molar refractivity (Wildman–Crippen MR) is 83.4 cm³/mol. The molecule has 7 nitrogen and oxygen atoms in total. The van der Waals surface area contributed by atoms with Crippen LogP contribution in [0.3, 0.4) is 0 Å². The second-order valence-electron chi connectivity index (χ2n) is 4.68. The van der Waals surface area contributed by atoms with Gasteiger partial charge in [0, 0.05) is 17.3 Å². The molecule has 0 atom stereocenters. The Balaban J connectivity index is 2.11. The molecule has 0 aliphatic heterocycles. The molecule has 0 radical (unpaired) electrons. The summed E-state index contributed by atoms with van der Waals surface area (Å²) in [6.45, 7) is 1.94. The van der Waals surface area contributed by atoms with Crippen LogP contribution in [0.4, 0.5) is 15.8 Å². The fraction of sp³-hybridized carbons (Fsp3) is 0.125. The van der Waals surface area contributed by atoms with E-state index in [-0.39, 0.29) is 12.2 Å². The van der Waals surface area contributed by atoms with Crippen molar-refractivity contribution in [1.82, 2.24) is 0 Å². The molecule has 0 aliphatic rings. The van der Waals surface area contributed by atoms with Crippen molar-refractivity contribution >= 4 is 23.3 Å². The number of carbonyl (C=O) groups excluding carboxylic acids is 2. The van der Waals surface area contributed by atoms with Gasteiger partial charge in [-0.1, -0.05) is 0 Å². The van der Waals surface area contributed by atoms with Crippen LogP contribution in [-0.2, 0) is 4.74 Å². The molecule has 0 unspecified atom stereocenters. The molecule has 24 heavy (non-hydrogen) atoms. The number of anilines is 1. The number of halogens is 1. The predicted octanol–water partition coefficient (Wildman–Crippen LogP) is 3.16. The zero-order chi connectivity index (χ0) is 17.7. The number of hydrogen-bond donors (Lipinski definition) is 1. The summed E-state index contributed by atoms with van der Waals surface area (Å²) in [5.41, 5.74) is -0.0547. The molecule has 1 amide bonds. The highest BCUT2D eigenvalue weighted by molar-refractivity contribution is 6.04. The van der Waals surface area contributed by atoms with Gasteiger partial charge in [0.05, 0.1) is 17.1 Å². The quantitative estimate of drug-likeness (QED) is 0.515. The van der Waals surface area contributed by atoms with Gasteiger partial charge in [0.2, 0.25) is 5.82 Å². The number of benzene rings is 2. The number of nitro benzene ring substituents is 1. The van der Waals surface area contributed by atoms with E-state index in [1.807, 2.05) is 0 Å². The minimum atomic E-state index is -1.09. The largest absolute Gasteiger partial charge is 0.462 e. The maximum atomic E-state index is 13.5. The van der Waals surface area contributed by atoms with E-state index in [4.69, 9.17) is 4.74 Å². The Morgan fingerprint density at radius 3 is 2.33 bits per heavy atom. The molecule has 2 aromatic carbocycles. The topological polar surface area (TPSA) is 98.5 Å². The Labute approximate surface area is 136 Å². The Morgan fingerprint density at radius 1 is 1.17 bits per heavy atom. The number of amides is 1. The standard InChI is InChI=1S/C16H13FN2O5/c1-2-24-16(21)10-3-6-12(7-4-10)18-15(20)11-5-8-14(19(22)23)13(17)9-11/h3-9H,2H2,1H3,(H,18,20). The summed E-state index contributed by atoms with van der Waals surface area (Å²) in [5.74, 6) is -2.20. The third-order valence-corrected chi connectivity index (χ3v) is 3.06. The molecule has 8 heteroatoms. The van der Waals surface area contributed by atoms with Crippen LogP contribution in [0.15, 0.2) is 42.5 Å². The summed E-state index contributed by atoms with van der Waals surface area (Å²) < 4.78 is 18.4. The van der Waals surface area contributed by atoms with Gasteiger partial charge in [-0.3, -0.25) is 14.9 Å². The van der Waals surface area contributed by atoms with Crippen molar-refractivity contribution in [3.63, 3.8) is 0 Å². The van der Waals surface area contributed by atoms with E-state index in [1.54, 1.807) is 6.92 Å². The summed E-state index contributed by atoms with van der Waals surface area (Å²) in [6, 6.07) is 8.81. The molecular weight excluding hydrogens is 319 g/mol. The summed E-state index contributed by atoms with van der Waals surface area (Å²) in [5, 5.41) is 13.1. The zero-order valence-electron chi connectivity index (χ0n) is 12.6. The summed E-state index contributed by atoms with van der Waals surface area (Å²) in [6.07, 6.45) is 0. The number of esters is 1. The number of nitro groups is 1. The number of rotatable bonds is 5.